The molecule has 0 heterocycles. The highest BCUT2D eigenvalue weighted by Crippen LogP contribution is 2.24. The topological polar surface area (TPSA) is 89.9 Å². The fraction of sp³-hybridized carbons (Fsp3) is 0.800. The van der Waals surface area contributed by atoms with Crippen molar-refractivity contribution in [2.45, 2.75) is 40.2 Å². The van der Waals surface area contributed by atoms with Gasteiger partial charge in [-0.2, -0.15) is 4.21 Å². The van der Waals surface area contributed by atoms with Gasteiger partial charge >= 0.3 is 17.3 Å². The molecule has 0 rings (SSSR count). The second-order valence-electron chi connectivity index (χ2n) is 4.87. The summed E-state index contributed by atoms with van der Waals surface area (Å²) in [5.74, 6) is -1.26. The van der Waals surface area contributed by atoms with E-state index in [-0.39, 0.29) is 0 Å². The van der Waals surface area contributed by atoms with Gasteiger partial charge in [0.2, 0.25) is 0 Å². The maximum atomic E-state index is 11.8. The summed E-state index contributed by atoms with van der Waals surface area (Å²) < 4.78 is 28.4. The number of carbonyl (C=O) groups excluding carboxylic acids is 2. The third kappa shape index (κ3) is 5.38. The van der Waals surface area contributed by atoms with E-state index < -0.39 is 40.7 Å². The number of hydrogen-bond donors (Lipinski definition) is 1. The number of ether oxygens (including phenoxy) is 1. The SMILES string of the molecule is CC(=O)C(C)(COS(=O)O)C(=O)OC(C)(C)C. The van der Waals surface area contributed by atoms with Gasteiger partial charge in [-0.05, 0) is 34.6 Å². The van der Waals surface area contributed by atoms with Crippen LogP contribution in [0, 0.1) is 5.41 Å². The molecule has 0 aromatic carbocycles. The Morgan fingerprint density at radius 3 is 2.00 bits per heavy atom. The number of rotatable bonds is 5. The summed E-state index contributed by atoms with van der Waals surface area (Å²) in [6.45, 7) is 7.01. The van der Waals surface area contributed by atoms with Crippen molar-refractivity contribution in [1.29, 1.82) is 0 Å². The summed E-state index contributed by atoms with van der Waals surface area (Å²) in [4.78, 5) is 23.3. The van der Waals surface area contributed by atoms with Gasteiger partial charge in [0.15, 0.2) is 0 Å². The van der Waals surface area contributed by atoms with Crippen LogP contribution in [0.3, 0.4) is 0 Å². The van der Waals surface area contributed by atoms with Crippen molar-refractivity contribution in [2.24, 2.45) is 5.41 Å². The third-order valence-electron chi connectivity index (χ3n) is 2.07. The quantitative estimate of drug-likeness (QED) is 0.455. The van der Waals surface area contributed by atoms with Crippen molar-refractivity contribution in [3.8, 4) is 0 Å². The summed E-state index contributed by atoms with van der Waals surface area (Å²) in [5.41, 5.74) is -2.32. The maximum absolute atomic E-state index is 11.8. The Balaban J connectivity index is 4.88. The molecule has 0 aliphatic heterocycles. The van der Waals surface area contributed by atoms with Gasteiger partial charge < -0.3 is 4.74 Å². The molecule has 0 aliphatic carbocycles. The molecule has 0 aromatic rings. The molecular weight excluding hydrogens is 248 g/mol. The molecule has 0 bridgehead atoms. The van der Waals surface area contributed by atoms with E-state index in [1.165, 1.54) is 13.8 Å². The minimum absolute atomic E-state index is 0.489. The van der Waals surface area contributed by atoms with Gasteiger partial charge in [-0.15, -0.1) is 0 Å². The van der Waals surface area contributed by atoms with E-state index in [2.05, 4.69) is 4.18 Å². The van der Waals surface area contributed by atoms with Gasteiger partial charge in [0.1, 0.15) is 16.8 Å². The third-order valence-corrected chi connectivity index (χ3v) is 2.39. The first kappa shape index (κ1) is 16.2. The van der Waals surface area contributed by atoms with Gasteiger partial charge in [0.25, 0.3) is 0 Å². The number of Topliss-reactive ketones (excluding diaryl/α,β-unsaturated/α-hetero) is 1. The molecule has 0 radical (unpaired) electrons. The van der Waals surface area contributed by atoms with Crippen LogP contribution in [0.5, 0.6) is 0 Å². The van der Waals surface area contributed by atoms with Crippen molar-refractivity contribution in [2.75, 3.05) is 6.61 Å². The molecule has 0 spiro atoms. The van der Waals surface area contributed by atoms with Crippen LogP contribution in [-0.2, 0) is 29.9 Å². The van der Waals surface area contributed by atoms with E-state index >= 15 is 0 Å². The molecule has 6 nitrogen and oxygen atoms in total. The standard InChI is InChI=1S/C10H18O6S/c1-7(11)10(5,6-15-17(13)14)8(12)16-9(2,3)4/h6H2,1-5H3,(H,13,14). The Kier molecular flexibility index (Phi) is 5.44. The molecule has 2 unspecified atom stereocenters. The van der Waals surface area contributed by atoms with Gasteiger partial charge in [0, 0.05) is 0 Å². The molecule has 0 saturated carbocycles. The van der Waals surface area contributed by atoms with E-state index in [1.807, 2.05) is 0 Å². The summed E-state index contributed by atoms with van der Waals surface area (Å²) in [6.07, 6.45) is 0. The number of hydrogen-bond acceptors (Lipinski definition) is 5. The Morgan fingerprint density at radius 2 is 1.71 bits per heavy atom. The second kappa shape index (κ2) is 5.70. The molecule has 0 fully saturated rings. The first-order chi connectivity index (χ1) is 7.49. The highest BCUT2D eigenvalue weighted by molar-refractivity contribution is 7.74. The Bertz CT molecular complexity index is 332. The lowest BCUT2D eigenvalue weighted by atomic mass is 9.87. The zero-order valence-corrected chi connectivity index (χ0v) is 11.4. The smallest absolute Gasteiger partial charge is 0.322 e. The summed E-state index contributed by atoms with van der Waals surface area (Å²) in [6, 6.07) is 0. The molecule has 7 heteroatoms. The van der Waals surface area contributed by atoms with E-state index in [9.17, 15) is 13.8 Å². The minimum atomic E-state index is -2.53. The summed E-state index contributed by atoms with van der Waals surface area (Å²) >= 11 is -2.53. The van der Waals surface area contributed by atoms with Gasteiger partial charge in [-0.25, -0.2) is 0 Å². The van der Waals surface area contributed by atoms with Crippen molar-refractivity contribution >= 4 is 23.1 Å². The van der Waals surface area contributed by atoms with Crippen LogP contribution >= 0.6 is 0 Å². The highest BCUT2D eigenvalue weighted by Gasteiger charge is 2.42. The molecule has 0 aromatic heterocycles. The predicted octanol–water partition coefficient (Wildman–Crippen LogP) is 1.08. The average Bonchev–Trinajstić information content (AvgIpc) is 2.10. The lowest BCUT2D eigenvalue weighted by Gasteiger charge is -2.28. The van der Waals surface area contributed by atoms with E-state index in [0.29, 0.717) is 0 Å². The summed E-state index contributed by atoms with van der Waals surface area (Å²) in [5, 5.41) is 0. The van der Waals surface area contributed by atoms with Crippen LogP contribution < -0.4 is 0 Å². The lowest BCUT2D eigenvalue weighted by Crippen LogP contribution is -2.43. The van der Waals surface area contributed by atoms with E-state index in [4.69, 9.17) is 9.29 Å². The van der Waals surface area contributed by atoms with Crippen molar-refractivity contribution in [3.63, 3.8) is 0 Å². The van der Waals surface area contributed by atoms with Gasteiger partial charge in [-0.3, -0.25) is 18.3 Å². The van der Waals surface area contributed by atoms with Crippen LogP contribution in [0.4, 0.5) is 0 Å². The first-order valence-electron chi connectivity index (χ1n) is 4.97. The van der Waals surface area contributed by atoms with Crippen LogP contribution in [0.25, 0.3) is 0 Å². The number of esters is 1. The normalized spacial score (nSPS) is 17.1. The van der Waals surface area contributed by atoms with Crippen molar-refractivity contribution in [3.05, 3.63) is 0 Å². The van der Waals surface area contributed by atoms with E-state index in [0.717, 1.165) is 0 Å². The molecule has 0 saturated heterocycles. The van der Waals surface area contributed by atoms with Crippen LogP contribution in [-0.4, -0.2) is 32.7 Å². The Morgan fingerprint density at radius 1 is 1.24 bits per heavy atom. The molecule has 2 atom stereocenters. The molecule has 1 N–H and O–H groups in total. The van der Waals surface area contributed by atoms with Crippen molar-refractivity contribution in [1.82, 2.24) is 0 Å². The maximum Gasteiger partial charge on any atom is 0.322 e. The van der Waals surface area contributed by atoms with Crippen LogP contribution in [0.1, 0.15) is 34.6 Å². The molecule has 17 heavy (non-hydrogen) atoms. The second-order valence-corrected chi connectivity index (χ2v) is 5.54. The van der Waals surface area contributed by atoms with Crippen molar-refractivity contribution < 1.29 is 27.3 Å². The number of carbonyl (C=O) groups is 2. The first-order valence-corrected chi connectivity index (χ1v) is 6.01. The fourth-order valence-electron chi connectivity index (χ4n) is 0.863. The molecular formula is C10H18O6S. The largest absolute Gasteiger partial charge is 0.459 e. The fourth-order valence-corrected chi connectivity index (χ4v) is 1.20. The lowest BCUT2D eigenvalue weighted by molar-refractivity contribution is -0.170. The van der Waals surface area contributed by atoms with Gasteiger partial charge in [-0.1, -0.05) is 0 Å². The average molecular weight is 266 g/mol. The summed E-state index contributed by atoms with van der Waals surface area (Å²) in [7, 11) is 0. The van der Waals surface area contributed by atoms with Crippen LogP contribution in [0.15, 0.2) is 0 Å². The molecule has 0 aliphatic rings. The predicted molar refractivity (Wildman–Crippen MR) is 61.4 cm³/mol. The molecule has 100 valence electrons. The van der Waals surface area contributed by atoms with Gasteiger partial charge in [0.05, 0.1) is 6.61 Å². The zero-order chi connectivity index (χ0) is 13.9. The molecule has 0 amide bonds. The Hall–Kier alpha value is -0.790. The van der Waals surface area contributed by atoms with E-state index in [1.54, 1.807) is 20.8 Å². The minimum Gasteiger partial charge on any atom is -0.459 e. The highest BCUT2D eigenvalue weighted by atomic mass is 32.2. The Labute approximate surface area is 103 Å². The van der Waals surface area contributed by atoms with Crippen LogP contribution in [0.2, 0.25) is 0 Å². The number of ketones is 1. The monoisotopic (exact) mass is 266 g/mol. The zero-order valence-electron chi connectivity index (χ0n) is 10.6.